The second-order valence-electron chi connectivity index (χ2n) is 4.52. The maximum atomic E-state index is 12.2. The first-order valence-electron chi connectivity index (χ1n) is 5.90. The zero-order chi connectivity index (χ0) is 12.4. The number of rotatable bonds is 2. The van der Waals surface area contributed by atoms with Gasteiger partial charge >= 0.3 is 0 Å². The molecule has 5 heteroatoms. The Hall–Kier alpha value is -1.00. The maximum Gasteiger partial charge on any atom is 0.289 e. The van der Waals surface area contributed by atoms with Crippen molar-refractivity contribution in [1.29, 1.82) is 0 Å². The van der Waals surface area contributed by atoms with E-state index < -0.39 is 0 Å². The summed E-state index contributed by atoms with van der Waals surface area (Å²) in [7, 11) is 0. The highest BCUT2D eigenvalue weighted by Crippen LogP contribution is 2.25. The second kappa shape index (κ2) is 5.10. The molecule has 0 saturated carbocycles. The van der Waals surface area contributed by atoms with Crippen LogP contribution in [0.15, 0.2) is 16.5 Å². The lowest BCUT2D eigenvalue weighted by Gasteiger charge is -2.38. The Morgan fingerprint density at radius 1 is 1.65 bits per heavy atom. The maximum absolute atomic E-state index is 12.2. The number of hydrogen-bond acceptors (Lipinski definition) is 3. The third kappa shape index (κ3) is 2.48. The molecular weight excluding hydrogens is 240 g/mol. The monoisotopic (exact) mass is 256 g/mol. The van der Waals surface area contributed by atoms with Crippen molar-refractivity contribution in [2.24, 2.45) is 11.7 Å². The lowest BCUT2D eigenvalue weighted by Crippen LogP contribution is -2.51. The van der Waals surface area contributed by atoms with Crippen LogP contribution in [0.2, 0.25) is 5.22 Å². The molecule has 1 aromatic rings. The fraction of sp³-hybridized carbons (Fsp3) is 0.583. The Morgan fingerprint density at radius 2 is 2.41 bits per heavy atom. The average molecular weight is 257 g/mol. The van der Waals surface area contributed by atoms with Gasteiger partial charge in [0, 0.05) is 19.1 Å². The van der Waals surface area contributed by atoms with Gasteiger partial charge in [-0.25, -0.2) is 0 Å². The number of amides is 1. The fourth-order valence-corrected chi connectivity index (χ4v) is 2.58. The van der Waals surface area contributed by atoms with Crippen LogP contribution in [0, 0.1) is 5.92 Å². The number of furan rings is 1. The Bertz CT molecular complexity index is 405. The predicted octanol–water partition coefficient (Wildman–Crippen LogP) is 2.13. The highest BCUT2D eigenvalue weighted by molar-refractivity contribution is 6.29. The quantitative estimate of drug-likeness (QED) is 0.882. The molecule has 1 aromatic heterocycles. The van der Waals surface area contributed by atoms with Gasteiger partial charge in [0.25, 0.3) is 5.91 Å². The van der Waals surface area contributed by atoms with Crippen LogP contribution in [0.3, 0.4) is 0 Å². The van der Waals surface area contributed by atoms with E-state index >= 15 is 0 Å². The van der Waals surface area contributed by atoms with Crippen molar-refractivity contribution in [2.45, 2.75) is 25.8 Å². The van der Waals surface area contributed by atoms with E-state index in [2.05, 4.69) is 6.92 Å². The normalized spacial score (nSPS) is 25.0. The summed E-state index contributed by atoms with van der Waals surface area (Å²) < 4.78 is 5.16. The molecule has 0 aromatic carbocycles. The minimum atomic E-state index is -0.112. The number of halogens is 1. The summed E-state index contributed by atoms with van der Waals surface area (Å²) in [6, 6.07) is 3.29. The van der Waals surface area contributed by atoms with Crippen LogP contribution < -0.4 is 5.73 Å². The molecule has 1 aliphatic rings. The first-order valence-corrected chi connectivity index (χ1v) is 6.27. The number of carbonyl (C=O) groups is 1. The van der Waals surface area contributed by atoms with Crippen molar-refractivity contribution in [1.82, 2.24) is 4.90 Å². The molecular formula is C12H17ClN2O2. The van der Waals surface area contributed by atoms with Gasteiger partial charge in [-0.3, -0.25) is 4.79 Å². The van der Waals surface area contributed by atoms with Gasteiger partial charge in [0.1, 0.15) is 0 Å². The summed E-state index contributed by atoms with van der Waals surface area (Å²) in [5.74, 6) is 0.615. The fourth-order valence-electron chi connectivity index (χ4n) is 2.43. The minimum absolute atomic E-state index is 0.0973. The van der Waals surface area contributed by atoms with E-state index in [1.54, 1.807) is 12.1 Å². The van der Waals surface area contributed by atoms with Crippen molar-refractivity contribution >= 4 is 17.5 Å². The molecule has 2 unspecified atom stereocenters. The zero-order valence-corrected chi connectivity index (χ0v) is 10.6. The van der Waals surface area contributed by atoms with Gasteiger partial charge in [-0.2, -0.15) is 0 Å². The van der Waals surface area contributed by atoms with Gasteiger partial charge in [-0.15, -0.1) is 0 Å². The van der Waals surface area contributed by atoms with Crippen molar-refractivity contribution in [2.75, 3.05) is 13.1 Å². The van der Waals surface area contributed by atoms with Gasteiger partial charge in [-0.05, 0) is 42.5 Å². The summed E-state index contributed by atoms with van der Waals surface area (Å²) in [4.78, 5) is 14.1. The molecule has 1 aliphatic heterocycles. The lowest BCUT2D eigenvalue weighted by molar-refractivity contribution is 0.0501. The summed E-state index contributed by atoms with van der Waals surface area (Å²) in [6.07, 6.45) is 2.13. The third-order valence-corrected chi connectivity index (χ3v) is 3.61. The number of nitrogens with zero attached hydrogens (tertiary/aromatic N) is 1. The van der Waals surface area contributed by atoms with E-state index in [-0.39, 0.29) is 17.2 Å². The smallest absolute Gasteiger partial charge is 0.289 e. The van der Waals surface area contributed by atoms with E-state index in [0.717, 1.165) is 19.4 Å². The van der Waals surface area contributed by atoms with E-state index in [9.17, 15) is 4.79 Å². The van der Waals surface area contributed by atoms with Crippen LogP contribution in [0.5, 0.6) is 0 Å². The molecule has 1 amide bonds. The van der Waals surface area contributed by atoms with Crippen LogP contribution in [0.4, 0.5) is 0 Å². The van der Waals surface area contributed by atoms with Crippen LogP contribution in [-0.4, -0.2) is 29.9 Å². The van der Waals surface area contributed by atoms with Gasteiger partial charge in [0.15, 0.2) is 11.0 Å². The van der Waals surface area contributed by atoms with E-state index in [1.165, 1.54) is 0 Å². The highest BCUT2D eigenvalue weighted by Gasteiger charge is 2.32. The molecule has 0 bridgehead atoms. The molecule has 0 aliphatic carbocycles. The van der Waals surface area contributed by atoms with Gasteiger partial charge in [-0.1, -0.05) is 6.92 Å². The largest absolute Gasteiger partial charge is 0.440 e. The molecule has 0 radical (unpaired) electrons. The van der Waals surface area contributed by atoms with Crippen molar-refractivity contribution < 1.29 is 9.21 Å². The Balaban J connectivity index is 2.17. The van der Waals surface area contributed by atoms with Gasteiger partial charge < -0.3 is 15.1 Å². The van der Waals surface area contributed by atoms with Gasteiger partial charge in [0.05, 0.1) is 0 Å². The molecule has 94 valence electrons. The molecule has 17 heavy (non-hydrogen) atoms. The summed E-state index contributed by atoms with van der Waals surface area (Å²) in [6.45, 7) is 3.36. The topological polar surface area (TPSA) is 59.5 Å². The lowest BCUT2D eigenvalue weighted by atomic mass is 9.90. The first-order chi connectivity index (χ1) is 8.13. The van der Waals surface area contributed by atoms with E-state index in [0.29, 0.717) is 18.2 Å². The number of hydrogen-bond donors (Lipinski definition) is 1. The van der Waals surface area contributed by atoms with Crippen LogP contribution in [0.25, 0.3) is 0 Å². The summed E-state index contributed by atoms with van der Waals surface area (Å²) in [5, 5.41) is 0.239. The number of nitrogens with two attached hydrogens (primary N) is 1. The average Bonchev–Trinajstić information content (AvgIpc) is 2.74. The minimum Gasteiger partial charge on any atom is -0.440 e. The third-order valence-electron chi connectivity index (χ3n) is 3.40. The highest BCUT2D eigenvalue weighted by atomic mass is 35.5. The standard InChI is InChI=1S/C12H17ClN2O2/c1-8-3-2-6-15(9(8)7-14)12(16)10-4-5-11(13)17-10/h4-5,8-9H,2-3,6-7,14H2,1H3. The van der Waals surface area contributed by atoms with Crippen LogP contribution >= 0.6 is 11.6 Å². The number of piperidine rings is 1. The molecule has 4 nitrogen and oxygen atoms in total. The molecule has 1 fully saturated rings. The van der Waals surface area contributed by atoms with Crippen molar-refractivity contribution in [3.63, 3.8) is 0 Å². The van der Waals surface area contributed by atoms with E-state index in [4.69, 9.17) is 21.8 Å². The number of likely N-dealkylation sites (tertiary alicyclic amines) is 1. The SMILES string of the molecule is CC1CCCN(C(=O)c2ccc(Cl)o2)C1CN. The zero-order valence-electron chi connectivity index (χ0n) is 9.86. The van der Waals surface area contributed by atoms with Crippen LogP contribution in [0.1, 0.15) is 30.3 Å². The van der Waals surface area contributed by atoms with Crippen molar-refractivity contribution in [3.05, 3.63) is 23.1 Å². The van der Waals surface area contributed by atoms with Gasteiger partial charge in [0.2, 0.25) is 0 Å². The predicted molar refractivity (Wildman–Crippen MR) is 66.0 cm³/mol. The molecule has 1 saturated heterocycles. The first kappa shape index (κ1) is 12.5. The molecule has 2 heterocycles. The van der Waals surface area contributed by atoms with E-state index in [1.807, 2.05) is 4.90 Å². The number of carbonyl (C=O) groups excluding carboxylic acids is 1. The Morgan fingerprint density at radius 3 is 3.00 bits per heavy atom. The summed E-state index contributed by atoms with van der Waals surface area (Å²) in [5.41, 5.74) is 5.75. The Kier molecular flexibility index (Phi) is 3.74. The molecule has 2 N–H and O–H groups in total. The second-order valence-corrected chi connectivity index (χ2v) is 4.90. The molecule has 0 spiro atoms. The molecule has 2 rings (SSSR count). The molecule has 2 atom stereocenters. The van der Waals surface area contributed by atoms with Crippen LogP contribution in [-0.2, 0) is 0 Å². The Labute approximate surface area is 106 Å². The van der Waals surface area contributed by atoms with Crippen molar-refractivity contribution in [3.8, 4) is 0 Å². The summed E-state index contributed by atoms with van der Waals surface area (Å²) >= 11 is 5.68.